The van der Waals surface area contributed by atoms with Crippen LogP contribution in [0.5, 0.6) is 11.5 Å². The summed E-state index contributed by atoms with van der Waals surface area (Å²) in [7, 11) is 3.16. The van der Waals surface area contributed by atoms with E-state index in [-0.39, 0.29) is 24.4 Å². The van der Waals surface area contributed by atoms with E-state index in [1.807, 2.05) is 6.92 Å². The van der Waals surface area contributed by atoms with Crippen LogP contribution in [0, 0.1) is 0 Å². The van der Waals surface area contributed by atoms with E-state index in [4.69, 9.17) is 9.47 Å². The van der Waals surface area contributed by atoms with Crippen LogP contribution in [-0.2, 0) is 4.79 Å². The van der Waals surface area contributed by atoms with Crippen molar-refractivity contribution in [2.75, 3.05) is 19.5 Å². The van der Waals surface area contributed by atoms with Gasteiger partial charge in [-0.15, -0.1) is 12.4 Å². The van der Waals surface area contributed by atoms with Gasteiger partial charge in [-0.1, -0.05) is 0 Å². The molecule has 1 aromatic carbocycles. The molecule has 1 aliphatic rings. The molecule has 0 heterocycles. The molecule has 1 aliphatic carbocycles. The molecule has 6 heteroatoms. The van der Waals surface area contributed by atoms with E-state index in [1.165, 1.54) is 0 Å². The fourth-order valence-electron chi connectivity index (χ4n) is 1.81. The molecule has 1 saturated carbocycles. The summed E-state index contributed by atoms with van der Waals surface area (Å²) in [5, 5.41) is 6.12. The molecule has 0 aromatic heterocycles. The first-order chi connectivity index (χ1) is 9.12. The van der Waals surface area contributed by atoms with Crippen molar-refractivity contribution < 1.29 is 14.3 Å². The van der Waals surface area contributed by atoms with E-state index >= 15 is 0 Å². The second kappa shape index (κ2) is 7.36. The van der Waals surface area contributed by atoms with E-state index in [1.54, 1.807) is 32.4 Å². The number of halogens is 1. The van der Waals surface area contributed by atoms with E-state index in [0.717, 1.165) is 12.8 Å². The zero-order chi connectivity index (χ0) is 13.8. The summed E-state index contributed by atoms with van der Waals surface area (Å²) in [5.74, 6) is 1.25. The molecule has 1 fully saturated rings. The topological polar surface area (TPSA) is 59.6 Å². The van der Waals surface area contributed by atoms with Crippen LogP contribution in [0.2, 0.25) is 0 Å². The van der Waals surface area contributed by atoms with Gasteiger partial charge in [0.2, 0.25) is 5.91 Å². The van der Waals surface area contributed by atoms with Crippen LogP contribution in [0.1, 0.15) is 19.8 Å². The first-order valence-corrected chi connectivity index (χ1v) is 6.42. The van der Waals surface area contributed by atoms with Crippen molar-refractivity contribution in [2.45, 2.75) is 31.8 Å². The molecule has 1 amide bonds. The van der Waals surface area contributed by atoms with E-state index in [0.29, 0.717) is 23.2 Å². The van der Waals surface area contributed by atoms with Gasteiger partial charge in [0, 0.05) is 29.9 Å². The van der Waals surface area contributed by atoms with Crippen LogP contribution in [0.4, 0.5) is 5.69 Å². The fourth-order valence-corrected chi connectivity index (χ4v) is 1.81. The Morgan fingerprint density at radius 3 is 2.20 bits per heavy atom. The Balaban J connectivity index is 0.00000200. The minimum absolute atomic E-state index is 0. The zero-order valence-electron chi connectivity index (χ0n) is 11.9. The maximum absolute atomic E-state index is 12.0. The van der Waals surface area contributed by atoms with E-state index < -0.39 is 0 Å². The van der Waals surface area contributed by atoms with Crippen LogP contribution in [-0.4, -0.2) is 32.2 Å². The first-order valence-electron chi connectivity index (χ1n) is 6.42. The number of amides is 1. The largest absolute Gasteiger partial charge is 0.497 e. The van der Waals surface area contributed by atoms with Gasteiger partial charge in [-0.2, -0.15) is 0 Å². The van der Waals surface area contributed by atoms with Gasteiger partial charge in [0.05, 0.1) is 20.3 Å². The molecule has 20 heavy (non-hydrogen) atoms. The van der Waals surface area contributed by atoms with Gasteiger partial charge in [-0.3, -0.25) is 4.79 Å². The van der Waals surface area contributed by atoms with Crippen molar-refractivity contribution in [1.29, 1.82) is 0 Å². The number of hydrogen-bond donors (Lipinski definition) is 2. The lowest BCUT2D eigenvalue weighted by atomic mass is 10.2. The summed E-state index contributed by atoms with van der Waals surface area (Å²) in [6.45, 7) is 1.87. The molecule has 1 aromatic rings. The van der Waals surface area contributed by atoms with Crippen LogP contribution in [0.25, 0.3) is 0 Å². The molecule has 1 atom stereocenters. The van der Waals surface area contributed by atoms with Gasteiger partial charge < -0.3 is 20.1 Å². The standard InChI is InChI=1S/C14H20N2O3.ClH/c1-9(15-10-4-5-10)14(17)16-11-6-12(18-2)8-13(7-11)19-3;/h6-10,15H,4-5H2,1-3H3,(H,16,17);1H. The molecule has 0 radical (unpaired) electrons. The number of methoxy groups -OCH3 is 2. The molecule has 0 saturated heterocycles. The number of hydrogen-bond acceptors (Lipinski definition) is 4. The maximum Gasteiger partial charge on any atom is 0.241 e. The zero-order valence-corrected chi connectivity index (χ0v) is 12.8. The summed E-state index contributed by atoms with van der Waals surface area (Å²) in [6.07, 6.45) is 2.31. The summed E-state index contributed by atoms with van der Waals surface area (Å²) in [4.78, 5) is 12.0. The lowest BCUT2D eigenvalue weighted by Crippen LogP contribution is -2.39. The second-order valence-corrected chi connectivity index (χ2v) is 4.75. The average Bonchev–Trinajstić information content (AvgIpc) is 3.21. The Kier molecular flexibility index (Phi) is 6.10. The smallest absolute Gasteiger partial charge is 0.241 e. The molecule has 0 bridgehead atoms. The minimum atomic E-state index is -0.204. The van der Waals surface area contributed by atoms with Gasteiger partial charge in [0.25, 0.3) is 0 Å². The number of carbonyl (C=O) groups excluding carboxylic acids is 1. The third-order valence-electron chi connectivity index (χ3n) is 3.08. The molecule has 112 valence electrons. The van der Waals surface area contributed by atoms with E-state index in [2.05, 4.69) is 10.6 Å². The number of rotatable bonds is 6. The molecule has 1 unspecified atom stereocenters. The third-order valence-corrected chi connectivity index (χ3v) is 3.08. The first kappa shape index (κ1) is 16.6. The maximum atomic E-state index is 12.0. The Morgan fingerprint density at radius 1 is 1.20 bits per heavy atom. The van der Waals surface area contributed by atoms with Gasteiger partial charge in [0.15, 0.2) is 0 Å². The summed E-state index contributed by atoms with van der Waals surface area (Å²) in [6, 6.07) is 5.60. The van der Waals surface area contributed by atoms with Crippen LogP contribution >= 0.6 is 12.4 Å². The van der Waals surface area contributed by atoms with Crippen molar-refractivity contribution in [3.05, 3.63) is 18.2 Å². The highest BCUT2D eigenvalue weighted by Gasteiger charge is 2.25. The monoisotopic (exact) mass is 300 g/mol. The SMILES string of the molecule is COc1cc(NC(=O)C(C)NC2CC2)cc(OC)c1.Cl. The predicted molar refractivity (Wildman–Crippen MR) is 81.0 cm³/mol. The van der Waals surface area contributed by atoms with Crippen molar-refractivity contribution >= 4 is 24.0 Å². The Bertz CT molecular complexity index is 441. The van der Waals surface area contributed by atoms with Crippen molar-refractivity contribution in [2.24, 2.45) is 0 Å². The fraction of sp³-hybridized carbons (Fsp3) is 0.500. The summed E-state index contributed by atoms with van der Waals surface area (Å²) in [5.41, 5.74) is 0.672. The molecule has 0 spiro atoms. The lowest BCUT2D eigenvalue weighted by Gasteiger charge is -2.14. The van der Waals surface area contributed by atoms with Gasteiger partial charge in [-0.05, 0) is 19.8 Å². The molecule has 2 rings (SSSR count). The van der Waals surface area contributed by atoms with Gasteiger partial charge in [0.1, 0.15) is 11.5 Å². The number of benzene rings is 1. The quantitative estimate of drug-likeness (QED) is 0.845. The molecular formula is C14H21ClN2O3. The Labute approximate surface area is 125 Å². The Hall–Kier alpha value is -1.46. The number of ether oxygens (including phenoxy) is 2. The lowest BCUT2D eigenvalue weighted by molar-refractivity contribution is -0.117. The third kappa shape index (κ3) is 4.58. The summed E-state index contributed by atoms with van der Waals surface area (Å²) >= 11 is 0. The Morgan fingerprint density at radius 2 is 1.75 bits per heavy atom. The van der Waals surface area contributed by atoms with Crippen LogP contribution in [0.15, 0.2) is 18.2 Å². The average molecular weight is 301 g/mol. The van der Waals surface area contributed by atoms with Crippen molar-refractivity contribution in [1.82, 2.24) is 5.32 Å². The van der Waals surface area contributed by atoms with E-state index in [9.17, 15) is 4.79 Å². The van der Waals surface area contributed by atoms with Gasteiger partial charge >= 0.3 is 0 Å². The number of nitrogens with one attached hydrogen (secondary N) is 2. The van der Waals surface area contributed by atoms with Crippen LogP contribution < -0.4 is 20.1 Å². The highest BCUT2D eigenvalue weighted by molar-refractivity contribution is 5.95. The van der Waals surface area contributed by atoms with Crippen molar-refractivity contribution in [3.63, 3.8) is 0 Å². The summed E-state index contributed by atoms with van der Waals surface area (Å²) < 4.78 is 10.3. The van der Waals surface area contributed by atoms with Crippen LogP contribution in [0.3, 0.4) is 0 Å². The number of carbonyl (C=O) groups is 1. The molecule has 5 nitrogen and oxygen atoms in total. The number of anilines is 1. The molecule has 0 aliphatic heterocycles. The highest BCUT2D eigenvalue weighted by atomic mass is 35.5. The highest BCUT2D eigenvalue weighted by Crippen LogP contribution is 2.26. The molecular weight excluding hydrogens is 280 g/mol. The predicted octanol–water partition coefficient (Wildman–Crippen LogP) is 2.20. The normalized spacial score (nSPS) is 14.9. The van der Waals surface area contributed by atoms with Gasteiger partial charge in [-0.25, -0.2) is 0 Å². The molecule has 2 N–H and O–H groups in total. The minimum Gasteiger partial charge on any atom is -0.497 e. The van der Waals surface area contributed by atoms with Crippen molar-refractivity contribution in [3.8, 4) is 11.5 Å². The second-order valence-electron chi connectivity index (χ2n) is 4.75.